The van der Waals surface area contributed by atoms with Crippen molar-refractivity contribution in [2.45, 2.75) is 24.8 Å². The number of piperidine rings is 1. The van der Waals surface area contributed by atoms with Crippen LogP contribution in [0.1, 0.15) is 34.8 Å². The molecule has 2 fully saturated rings. The molecule has 7 heteroatoms. The number of carbonyl (C=O) groups is 1. The molecule has 1 aromatic heterocycles. The topological polar surface area (TPSA) is 70.2 Å². The summed E-state index contributed by atoms with van der Waals surface area (Å²) in [5, 5.41) is 0.752. The van der Waals surface area contributed by atoms with Crippen LogP contribution in [0.15, 0.2) is 42.9 Å². The molecule has 136 valence electrons. The third kappa shape index (κ3) is 3.58. The van der Waals surface area contributed by atoms with Crippen LogP contribution in [0, 0.1) is 5.92 Å². The second-order valence-electron chi connectivity index (χ2n) is 6.95. The van der Waals surface area contributed by atoms with Gasteiger partial charge in [0.05, 0.1) is 6.20 Å². The summed E-state index contributed by atoms with van der Waals surface area (Å²) >= 11 is 6.03. The number of nitrogens with zero attached hydrogens (tertiary/aromatic N) is 3. The Bertz CT molecular complexity index is 754. The lowest BCUT2D eigenvalue weighted by Gasteiger charge is -2.37. The summed E-state index contributed by atoms with van der Waals surface area (Å²) in [4.78, 5) is 22.8. The number of hydrogen-bond acceptors (Lipinski definition) is 5. The average molecular weight is 372 g/mol. The van der Waals surface area contributed by atoms with Crippen molar-refractivity contribution in [3.05, 3.63) is 59.1 Å². The Kier molecular flexibility index (Phi) is 5.15. The van der Waals surface area contributed by atoms with Crippen molar-refractivity contribution in [3.8, 4) is 0 Å². The van der Waals surface area contributed by atoms with Gasteiger partial charge in [-0.2, -0.15) is 0 Å². The molecule has 3 atom stereocenters. The smallest absolute Gasteiger partial charge is 0.274 e. The van der Waals surface area contributed by atoms with Crippen molar-refractivity contribution in [2.75, 3.05) is 19.6 Å². The highest BCUT2D eigenvalue weighted by Gasteiger charge is 2.37. The second kappa shape index (κ2) is 7.70. The van der Waals surface area contributed by atoms with Gasteiger partial charge in [-0.05, 0) is 36.5 Å². The van der Waals surface area contributed by atoms with Crippen LogP contribution in [0.3, 0.4) is 0 Å². The van der Waals surface area contributed by atoms with Gasteiger partial charge in [0.15, 0.2) is 0 Å². The Hall–Kier alpha value is -2.02. The van der Waals surface area contributed by atoms with Gasteiger partial charge in [0, 0.05) is 49.0 Å². The molecule has 4 rings (SSSR count). The van der Waals surface area contributed by atoms with Crippen molar-refractivity contribution in [1.29, 1.82) is 0 Å². The summed E-state index contributed by atoms with van der Waals surface area (Å²) < 4.78 is 0. The second-order valence-corrected chi connectivity index (χ2v) is 7.39. The predicted octanol–water partition coefficient (Wildman–Crippen LogP) is 2.24. The number of benzene rings is 1. The molecule has 2 N–H and O–H groups in total. The number of amides is 1. The van der Waals surface area contributed by atoms with Crippen LogP contribution in [0.4, 0.5) is 0 Å². The Morgan fingerprint density at radius 1 is 1.23 bits per heavy atom. The molecule has 1 amide bonds. The van der Waals surface area contributed by atoms with Gasteiger partial charge in [-0.1, -0.05) is 23.7 Å². The highest BCUT2D eigenvalue weighted by molar-refractivity contribution is 6.30. The molecule has 2 aliphatic heterocycles. The molecule has 3 unspecified atom stereocenters. The summed E-state index contributed by atoms with van der Waals surface area (Å²) in [6, 6.07) is 8.36. The molecular formula is C19H22ClN5O. The molecule has 0 spiro atoms. The maximum absolute atomic E-state index is 12.7. The van der Waals surface area contributed by atoms with Gasteiger partial charge in [-0.15, -0.1) is 0 Å². The van der Waals surface area contributed by atoms with E-state index in [-0.39, 0.29) is 11.9 Å². The lowest BCUT2D eigenvalue weighted by Crippen LogP contribution is -2.48. The van der Waals surface area contributed by atoms with Crippen LogP contribution in [0.25, 0.3) is 0 Å². The van der Waals surface area contributed by atoms with E-state index in [1.807, 2.05) is 17.0 Å². The van der Waals surface area contributed by atoms with Gasteiger partial charge in [0.1, 0.15) is 5.69 Å². The number of aromatic nitrogens is 2. The molecule has 2 aromatic rings. The van der Waals surface area contributed by atoms with E-state index in [2.05, 4.69) is 33.0 Å². The van der Waals surface area contributed by atoms with E-state index in [1.54, 1.807) is 12.4 Å². The number of halogens is 1. The molecule has 6 nitrogen and oxygen atoms in total. The minimum Gasteiger partial charge on any atom is -0.337 e. The molecule has 0 radical (unpaired) electrons. The zero-order valence-corrected chi connectivity index (χ0v) is 15.2. The number of hydrazine groups is 1. The molecule has 0 saturated carbocycles. The monoisotopic (exact) mass is 371 g/mol. The molecular weight excluding hydrogens is 350 g/mol. The summed E-state index contributed by atoms with van der Waals surface area (Å²) in [7, 11) is 0. The van der Waals surface area contributed by atoms with E-state index < -0.39 is 0 Å². The molecule has 2 saturated heterocycles. The lowest BCUT2D eigenvalue weighted by molar-refractivity contribution is 0.0638. The van der Waals surface area contributed by atoms with Gasteiger partial charge in [0.2, 0.25) is 0 Å². The average Bonchev–Trinajstić information content (AvgIpc) is 3.19. The van der Waals surface area contributed by atoms with Gasteiger partial charge < -0.3 is 4.90 Å². The van der Waals surface area contributed by atoms with Gasteiger partial charge >= 0.3 is 0 Å². The third-order valence-corrected chi connectivity index (χ3v) is 5.61. The lowest BCUT2D eigenvalue weighted by atomic mass is 9.81. The molecule has 3 heterocycles. The minimum absolute atomic E-state index is 0.0307. The zero-order chi connectivity index (χ0) is 17.9. The fourth-order valence-corrected chi connectivity index (χ4v) is 4.18. The quantitative estimate of drug-likeness (QED) is 0.866. The fourth-order valence-electron chi connectivity index (χ4n) is 4.05. The third-order valence-electron chi connectivity index (χ3n) is 5.36. The first kappa shape index (κ1) is 17.4. The highest BCUT2D eigenvalue weighted by atomic mass is 35.5. The van der Waals surface area contributed by atoms with Crippen LogP contribution < -0.4 is 10.9 Å². The van der Waals surface area contributed by atoms with Crippen molar-refractivity contribution in [3.63, 3.8) is 0 Å². The Morgan fingerprint density at radius 3 is 2.85 bits per heavy atom. The van der Waals surface area contributed by atoms with Crippen LogP contribution in [-0.2, 0) is 0 Å². The standard InChI is InChI=1S/C19H22ClN5O/c20-15-5-3-13(4-6-15)16-10-23-24-18(16)14-2-1-9-25(12-14)19(26)17-11-21-7-8-22-17/h3-8,11,14,16,18,23-24H,1-2,9-10,12H2. The van der Waals surface area contributed by atoms with Gasteiger partial charge in [-0.3, -0.25) is 20.6 Å². The SMILES string of the molecule is O=C(c1cnccn1)N1CCCC(C2NNCC2c2ccc(Cl)cc2)C1. The number of rotatable bonds is 3. The van der Waals surface area contributed by atoms with Crippen LogP contribution >= 0.6 is 11.6 Å². The van der Waals surface area contributed by atoms with Crippen molar-refractivity contribution in [1.82, 2.24) is 25.7 Å². The summed E-state index contributed by atoms with van der Waals surface area (Å²) in [5.74, 6) is 0.723. The van der Waals surface area contributed by atoms with Crippen molar-refractivity contribution < 1.29 is 4.79 Å². The van der Waals surface area contributed by atoms with E-state index >= 15 is 0 Å². The first-order valence-corrected chi connectivity index (χ1v) is 9.39. The Morgan fingerprint density at radius 2 is 2.08 bits per heavy atom. The molecule has 1 aromatic carbocycles. The van der Waals surface area contributed by atoms with E-state index in [0.29, 0.717) is 17.5 Å². The van der Waals surface area contributed by atoms with Crippen LogP contribution in [0.2, 0.25) is 5.02 Å². The first-order chi connectivity index (χ1) is 12.7. The largest absolute Gasteiger partial charge is 0.337 e. The molecule has 2 aliphatic rings. The first-order valence-electron chi connectivity index (χ1n) is 9.01. The van der Waals surface area contributed by atoms with Crippen LogP contribution in [0.5, 0.6) is 0 Å². The van der Waals surface area contributed by atoms with E-state index in [1.165, 1.54) is 11.8 Å². The summed E-state index contributed by atoms with van der Waals surface area (Å²) in [6.45, 7) is 2.39. The predicted molar refractivity (Wildman–Crippen MR) is 99.8 cm³/mol. The van der Waals surface area contributed by atoms with Crippen molar-refractivity contribution >= 4 is 17.5 Å². The Labute approximate surface area is 157 Å². The number of hydrogen-bond donors (Lipinski definition) is 2. The molecule has 0 bridgehead atoms. The van der Waals surface area contributed by atoms with E-state index in [0.717, 1.165) is 37.5 Å². The van der Waals surface area contributed by atoms with Gasteiger partial charge in [-0.25, -0.2) is 4.98 Å². The number of carbonyl (C=O) groups excluding carboxylic acids is 1. The maximum atomic E-state index is 12.7. The Balaban J connectivity index is 1.48. The van der Waals surface area contributed by atoms with Crippen molar-refractivity contribution in [2.24, 2.45) is 5.92 Å². The van der Waals surface area contributed by atoms with Crippen LogP contribution in [-0.4, -0.2) is 46.5 Å². The number of nitrogens with one attached hydrogen (secondary N) is 2. The summed E-state index contributed by atoms with van der Waals surface area (Å²) in [5.41, 5.74) is 8.43. The molecule has 26 heavy (non-hydrogen) atoms. The van der Waals surface area contributed by atoms with E-state index in [9.17, 15) is 4.79 Å². The maximum Gasteiger partial charge on any atom is 0.274 e. The zero-order valence-electron chi connectivity index (χ0n) is 14.4. The normalized spacial score (nSPS) is 26.0. The molecule has 0 aliphatic carbocycles. The highest BCUT2D eigenvalue weighted by Crippen LogP contribution is 2.32. The minimum atomic E-state index is -0.0307. The summed E-state index contributed by atoms with van der Waals surface area (Å²) in [6.07, 6.45) is 6.79. The fraction of sp³-hybridized carbons (Fsp3) is 0.421. The number of likely N-dealkylation sites (tertiary alicyclic amines) is 1. The van der Waals surface area contributed by atoms with E-state index in [4.69, 9.17) is 11.6 Å². The van der Waals surface area contributed by atoms with Gasteiger partial charge in [0.25, 0.3) is 5.91 Å².